The van der Waals surface area contributed by atoms with Gasteiger partial charge in [-0.05, 0) is 13.8 Å². The number of Topliss-reactive ketones (excluding diaryl/α,β-unsaturated/α-hetero) is 1. The molecule has 1 fully saturated rings. The van der Waals surface area contributed by atoms with Crippen molar-refractivity contribution in [2.24, 2.45) is 0 Å². The number of carbonyl (C=O) groups is 2. The second-order valence-corrected chi connectivity index (χ2v) is 2.77. The highest BCUT2D eigenvalue weighted by atomic mass is 16.2. The summed E-state index contributed by atoms with van der Waals surface area (Å²) in [5.74, 6) is -0.183. The van der Waals surface area contributed by atoms with Crippen LogP contribution in [-0.4, -0.2) is 17.2 Å². The monoisotopic (exact) mass is 187 g/mol. The topological polar surface area (TPSA) is 46.2 Å². The SMILES string of the molecule is CC.CC.CC1(C)NC(=O)CC1=O. The third-order valence-electron chi connectivity index (χ3n) is 1.47. The van der Waals surface area contributed by atoms with Crippen molar-refractivity contribution in [1.29, 1.82) is 0 Å². The van der Waals surface area contributed by atoms with Gasteiger partial charge in [-0.3, -0.25) is 9.59 Å². The van der Waals surface area contributed by atoms with Crippen LogP contribution < -0.4 is 5.32 Å². The van der Waals surface area contributed by atoms with Crippen LogP contribution >= 0.6 is 0 Å². The lowest BCUT2D eigenvalue weighted by Gasteiger charge is -2.13. The average Bonchev–Trinajstić information content (AvgIpc) is 2.32. The van der Waals surface area contributed by atoms with E-state index in [9.17, 15) is 9.59 Å². The summed E-state index contributed by atoms with van der Waals surface area (Å²) in [5.41, 5.74) is -0.614. The molecule has 0 atom stereocenters. The van der Waals surface area contributed by atoms with Crippen LogP contribution in [0.3, 0.4) is 0 Å². The van der Waals surface area contributed by atoms with Gasteiger partial charge in [-0.1, -0.05) is 27.7 Å². The molecule has 3 heteroatoms. The second kappa shape index (κ2) is 6.63. The molecule has 1 aliphatic rings. The first kappa shape index (κ1) is 14.7. The number of hydrogen-bond acceptors (Lipinski definition) is 2. The van der Waals surface area contributed by atoms with Gasteiger partial charge in [-0.25, -0.2) is 0 Å². The van der Waals surface area contributed by atoms with Gasteiger partial charge < -0.3 is 5.32 Å². The van der Waals surface area contributed by atoms with Gasteiger partial charge in [0.2, 0.25) is 5.91 Å². The van der Waals surface area contributed by atoms with E-state index in [1.54, 1.807) is 13.8 Å². The van der Waals surface area contributed by atoms with E-state index >= 15 is 0 Å². The molecule has 0 aliphatic carbocycles. The predicted octanol–water partition coefficient (Wildman–Crippen LogP) is 1.91. The van der Waals surface area contributed by atoms with Crippen molar-refractivity contribution in [3.8, 4) is 0 Å². The first-order chi connectivity index (χ1) is 6.02. The van der Waals surface area contributed by atoms with E-state index in [0.29, 0.717) is 0 Å². The first-order valence-corrected chi connectivity index (χ1v) is 4.87. The molecule has 78 valence electrons. The van der Waals surface area contributed by atoms with Gasteiger partial charge in [0.1, 0.15) is 0 Å². The fraction of sp³-hybridized carbons (Fsp3) is 0.800. The average molecular weight is 187 g/mol. The summed E-state index contributed by atoms with van der Waals surface area (Å²) in [6, 6.07) is 0. The largest absolute Gasteiger partial charge is 0.344 e. The molecule has 0 aromatic carbocycles. The Labute approximate surface area is 80.9 Å². The number of rotatable bonds is 0. The van der Waals surface area contributed by atoms with Gasteiger partial charge >= 0.3 is 0 Å². The Morgan fingerprint density at radius 2 is 1.46 bits per heavy atom. The minimum absolute atomic E-state index is 0.0208. The smallest absolute Gasteiger partial charge is 0.228 e. The third kappa shape index (κ3) is 4.65. The molecule has 0 saturated carbocycles. The molecular formula is C10H21NO2. The summed E-state index contributed by atoms with van der Waals surface area (Å²) >= 11 is 0. The summed E-state index contributed by atoms with van der Waals surface area (Å²) in [6.45, 7) is 11.4. The van der Waals surface area contributed by atoms with E-state index < -0.39 is 5.54 Å². The summed E-state index contributed by atoms with van der Waals surface area (Å²) in [5, 5.41) is 2.55. The standard InChI is InChI=1S/C6H9NO2.2C2H6/c1-6(2)4(8)3-5(9)7-6;2*1-2/h3H2,1-2H3,(H,7,9);2*1-2H3. The Morgan fingerprint density at radius 3 is 1.54 bits per heavy atom. The zero-order valence-electron chi connectivity index (χ0n) is 9.52. The molecule has 0 unspecified atom stereocenters. The number of hydrogen-bond donors (Lipinski definition) is 1. The Bertz CT molecular complexity index is 174. The number of carbonyl (C=O) groups excluding carboxylic acids is 2. The quantitative estimate of drug-likeness (QED) is 0.589. The molecule has 0 aromatic heterocycles. The van der Waals surface area contributed by atoms with Crippen molar-refractivity contribution in [3.63, 3.8) is 0 Å². The van der Waals surface area contributed by atoms with Gasteiger partial charge in [0.05, 0.1) is 12.0 Å². The highest BCUT2D eigenvalue weighted by molar-refractivity contribution is 6.09. The fourth-order valence-corrected chi connectivity index (χ4v) is 0.829. The van der Waals surface area contributed by atoms with Crippen LogP contribution in [0.2, 0.25) is 0 Å². The van der Waals surface area contributed by atoms with E-state index in [0.717, 1.165) is 0 Å². The van der Waals surface area contributed by atoms with E-state index in [1.165, 1.54) is 0 Å². The summed E-state index contributed by atoms with van der Waals surface area (Å²) < 4.78 is 0. The van der Waals surface area contributed by atoms with Crippen LogP contribution in [0, 0.1) is 0 Å². The summed E-state index contributed by atoms with van der Waals surface area (Å²) in [7, 11) is 0. The molecule has 13 heavy (non-hydrogen) atoms. The molecule has 1 saturated heterocycles. The molecule has 0 radical (unpaired) electrons. The molecular weight excluding hydrogens is 166 g/mol. The van der Waals surface area contributed by atoms with Crippen LogP contribution in [0.15, 0.2) is 0 Å². The maximum atomic E-state index is 10.8. The van der Waals surface area contributed by atoms with Gasteiger partial charge in [-0.15, -0.1) is 0 Å². The highest BCUT2D eigenvalue weighted by Crippen LogP contribution is 2.13. The van der Waals surface area contributed by atoms with Crippen molar-refractivity contribution in [3.05, 3.63) is 0 Å². The molecule has 1 heterocycles. The zero-order valence-corrected chi connectivity index (χ0v) is 9.52. The second-order valence-electron chi connectivity index (χ2n) is 2.77. The normalized spacial score (nSPS) is 17.7. The van der Waals surface area contributed by atoms with Crippen LogP contribution in [0.25, 0.3) is 0 Å². The molecule has 0 bridgehead atoms. The van der Waals surface area contributed by atoms with Crippen molar-refractivity contribution in [2.45, 2.75) is 53.5 Å². The van der Waals surface area contributed by atoms with Gasteiger partial charge in [0, 0.05) is 0 Å². The zero-order chi connectivity index (χ0) is 11.1. The lowest BCUT2D eigenvalue weighted by Crippen LogP contribution is -2.39. The lowest BCUT2D eigenvalue weighted by atomic mass is 10.0. The Kier molecular flexibility index (Phi) is 7.48. The van der Waals surface area contributed by atoms with Gasteiger partial charge in [0.25, 0.3) is 0 Å². The van der Waals surface area contributed by atoms with Crippen LogP contribution in [0.4, 0.5) is 0 Å². The van der Waals surface area contributed by atoms with E-state index in [4.69, 9.17) is 0 Å². The molecule has 1 N–H and O–H groups in total. The van der Waals surface area contributed by atoms with Gasteiger partial charge in [-0.2, -0.15) is 0 Å². The maximum absolute atomic E-state index is 10.8. The van der Waals surface area contributed by atoms with Crippen molar-refractivity contribution >= 4 is 11.7 Å². The number of nitrogens with one attached hydrogen (secondary N) is 1. The van der Waals surface area contributed by atoms with E-state index in [1.807, 2.05) is 27.7 Å². The lowest BCUT2D eigenvalue weighted by molar-refractivity contribution is -0.122. The predicted molar refractivity (Wildman–Crippen MR) is 54.5 cm³/mol. The van der Waals surface area contributed by atoms with Crippen LogP contribution in [0.5, 0.6) is 0 Å². The highest BCUT2D eigenvalue weighted by Gasteiger charge is 2.36. The van der Waals surface area contributed by atoms with E-state index in [2.05, 4.69) is 5.32 Å². The minimum Gasteiger partial charge on any atom is -0.344 e. The van der Waals surface area contributed by atoms with Crippen molar-refractivity contribution in [1.82, 2.24) is 5.32 Å². The minimum atomic E-state index is -0.614. The van der Waals surface area contributed by atoms with Gasteiger partial charge in [0.15, 0.2) is 5.78 Å². The number of amides is 1. The molecule has 0 aromatic rings. The summed E-state index contributed by atoms with van der Waals surface area (Å²) in [6.07, 6.45) is 0.0486. The Hall–Kier alpha value is -0.860. The summed E-state index contributed by atoms with van der Waals surface area (Å²) in [4.78, 5) is 21.4. The third-order valence-corrected chi connectivity index (χ3v) is 1.47. The van der Waals surface area contributed by atoms with Crippen LogP contribution in [-0.2, 0) is 9.59 Å². The molecule has 0 spiro atoms. The Morgan fingerprint density at radius 1 is 1.08 bits per heavy atom. The maximum Gasteiger partial charge on any atom is 0.228 e. The molecule has 1 amide bonds. The molecule has 1 aliphatic heterocycles. The molecule has 1 rings (SSSR count). The fourth-order valence-electron chi connectivity index (χ4n) is 0.829. The Balaban J connectivity index is 0. The first-order valence-electron chi connectivity index (χ1n) is 4.87. The number of ketones is 1. The van der Waals surface area contributed by atoms with Crippen molar-refractivity contribution < 1.29 is 9.59 Å². The molecule has 3 nitrogen and oxygen atoms in total. The van der Waals surface area contributed by atoms with Crippen molar-refractivity contribution in [2.75, 3.05) is 0 Å². The van der Waals surface area contributed by atoms with Crippen LogP contribution in [0.1, 0.15) is 48.0 Å². The van der Waals surface area contributed by atoms with E-state index in [-0.39, 0.29) is 18.1 Å².